The van der Waals surface area contributed by atoms with Crippen LogP contribution in [0.25, 0.3) is 0 Å². The molecule has 0 aliphatic carbocycles. The molecular formula is C25H37N5O. The van der Waals surface area contributed by atoms with E-state index in [0.717, 1.165) is 50.7 Å². The number of hydrogen-bond donors (Lipinski definition) is 2. The summed E-state index contributed by atoms with van der Waals surface area (Å²) < 4.78 is 5.29. The fourth-order valence-corrected chi connectivity index (χ4v) is 4.08. The van der Waals surface area contributed by atoms with Gasteiger partial charge in [0, 0.05) is 39.3 Å². The molecule has 1 heterocycles. The number of nitrogens with zero attached hydrogens (tertiary/aromatic N) is 3. The number of benzene rings is 2. The Morgan fingerprint density at radius 1 is 1.10 bits per heavy atom. The first kappa shape index (κ1) is 23.1. The third-order valence-electron chi connectivity index (χ3n) is 5.99. The zero-order valence-electron chi connectivity index (χ0n) is 19.3. The van der Waals surface area contributed by atoms with Gasteiger partial charge in [-0.15, -0.1) is 0 Å². The molecule has 1 unspecified atom stereocenters. The molecule has 0 aromatic heterocycles. The molecule has 1 saturated heterocycles. The van der Waals surface area contributed by atoms with Crippen molar-refractivity contribution in [2.75, 3.05) is 47.9 Å². The third kappa shape index (κ3) is 6.97. The third-order valence-corrected chi connectivity index (χ3v) is 5.99. The monoisotopic (exact) mass is 423 g/mol. The largest absolute Gasteiger partial charge is 0.497 e. The highest BCUT2D eigenvalue weighted by Gasteiger charge is 2.21. The second-order valence-electron chi connectivity index (χ2n) is 8.39. The quantitative estimate of drug-likeness (QED) is 0.505. The highest BCUT2D eigenvalue weighted by atomic mass is 16.5. The van der Waals surface area contributed by atoms with Crippen LogP contribution in [0.4, 0.5) is 0 Å². The minimum Gasteiger partial charge on any atom is -0.497 e. The minimum atomic E-state index is 0.247. The molecule has 0 amide bonds. The van der Waals surface area contributed by atoms with Crippen molar-refractivity contribution in [2.45, 2.75) is 31.5 Å². The van der Waals surface area contributed by atoms with Gasteiger partial charge in [-0.25, -0.2) is 0 Å². The van der Waals surface area contributed by atoms with E-state index in [0.29, 0.717) is 6.04 Å². The molecule has 0 radical (unpaired) electrons. The Balaban J connectivity index is 1.47. The number of likely N-dealkylation sites (N-methyl/N-ethyl adjacent to an activating group) is 1. The average molecular weight is 424 g/mol. The van der Waals surface area contributed by atoms with Gasteiger partial charge < -0.3 is 20.3 Å². The molecule has 2 aromatic carbocycles. The smallest absolute Gasteiger partial charge is 0.191 e. The summed E-state index contributed by atoms with van der Waals surface area (Å²) in [7, 11) is 7.75. The Morgan fingerprint density at radius 3 is 2.35 bits per heavy atom. The highest BCUT2D eigenvalue weighted by molar-refractivity contribution is 5.80. The Bertz CT molecular complexity index is 798. The van der Waals surface area contributed by atoms with Crippen LogP contribution in [-0.4, -0.2) is 69.7 Å². The Labute approximate surface area is 187 Å². The maximum atomic E-state index is 5.29. The SMILES string of the molecule is CN=C(NCC(c1ccc(OC)cc1)N(C)C)NC1CCN(Cc2ccccc2)CC1. The number of ether oxygens (including phenoxy) is 1. The lowest BCUT2D eigenvalue weighted by atomic mass is 10.0. The van der Waals surface area contributed by atoms with E-state index in [2.05, 4.69) is 82.0 Å². The molecule has 0 saturated carbocycles. The van der Waals surface area contributed by atoms with Crippen LogP contribution >= 0.6 is 0 Å². The van der Waals surface area contributed by atoms with E-state index in [1.165, 1.54) is 11.1 Å². The first-order valence-corrected chi connectivity index (χ1v) is 11.1. The van der Waals surface area contributed by atoms with E-state index >= 15 is 0 Å². The maximum Gasteiger partial charge on any atom is 0.191 e. The molecule has 0 spiro atoms. The van der Waals surface area contributed by atoms with E-state index in [4.69, 9.17) is 4.74 Å². The molecule has 0 bridgehead atoms. The number of methoxy groups -OCH3 is 1. The molecule has 3 rings (SSSR count). The molecule has 2 N–H and O–H groups in total. The zero-order valence-corrected chi connectivity index (χ0v) is 19.3. The second-order valence-corrected chi connectivity index (χ2v) is 8.39. The zero-order chi connectivity index (χ0) is 22.1. The van der Waals surface area contributed by atoms with Gasteiger partial charge in [0.15, 0.2) is 5.96 Å². The average Bonchev–Trinajstić information content (AvgIpc) is 2.80. The summed E-state index contributed by atoms with van der Waals surface area (Å²) >= 11 is 0. The van der Waals surface area contributed by atoms with E-state index in [9.17, 15) is 0 Å². The molecule has 1 fully saturated rings. The highest BCUT2D eigenvalue weighted by Crippen LogP contribution is 2.21. The topological polar surface area (TPSA) is 52.1 Å². The van der Waals surface area contributed by atoms with Crippen molar-refractivity contribution in [2.24, 2.45) is 4.99 Å². The van der Waals surface area contributed by atoms with Crippen LogP contribution in [0.3, 0.4) is 0 Å². The molecule has 31 heavy (non-hydrogen) atoms. The molecule has 6 heteroatoms. The molecule has 6 nitrogen and oxygen atoms in total. The van der Waals surface area contributed by atoms with E-state index < -0.39 is 0 Å². The van der Waals surface area contributed by atoms with Crippen LogP contribution in [0.15, 0.2) is 59.6 Å². The van der Waals surface area contributed by atoms with Crippen molar-refractivity contribution in [1.29, 1.82) is 0 Å². The van der Waals surface area contributed by atoms with Crippen LogP contribution < -0.4 is 15.4 Å². The van der Waals surface area contributed by atoms with Gasteiger partial charge in [-0.1, -0.05) is 42.5 Å². The molecule has 1 atom stereocenters. The summed E-state index contributed by atoms with van der Waals surface area (Å²) in [6.07, 6.45) is 2.26. The van der Waals surface area contributed by atoms with Gasteiger partial charge in [-0.05, 0) is 50.2 Å². The van der Waals surface area contributed by atoms with Gasteiger partial charge in [0.1, 0.15) is 5.75 Å². The molecule has 2 aromatic rings. The van der Waals surface area contributed by atoms with Gasteiger partial charge in [-0.2, -0.15) is 0 Å². The number of piperidine rings is 1. The number of aliphatic imine (C=N–C) groups is 1. The number of rotatable bonds is 8. The van der Waals surface area contributed by atoms with Crippen molar-refractivity contribution < 1.29 is 4.74 Å². The van der Waals surface area contributed by atoms with Crippen molar-refractivity contribution in [3.63, 3.8) is 0 Å². The van der Waals surface area contributed by atoms with Crippen LogP contribution in [-0.2, 0) is 6.54 Å². The van der Waals surface area contributed by atoms with Crippen LogP contribution in [0.5, 0.6) is 5.75 Å². The number of hydrogen-bond acceptors (Lipinski definition) is 4. The van der Waals surface area contributed by atoms with Gasteiger partial charge in [0.2, 0.25) is 0 Å². The van der Waals surface area contributed by atoms with Gasteiger partial charge in [-0.3, -0.25) is 9.89 Å². The predicted molar refractivity (Wildman–Crippen MR) is 129 cm³/mol. The molecule has 168 valence electrons. The predicted octanol–water partition coefficient (Wildman–Crippen LogP) is 3.13. The summed E-state index contributed by atoms with van der Waals surface area (Å²) in [4.78, 5) is 9.23. The van der Waals surface area contributed by atoms with Gasteiger partial charge in [0.25, 0.3) is 0 Å². The fourth-order valence-electron chi connectivity index (χ4n) is 4.08. The van der Waals surface area contributed by atoms with Crippen molar-refractivity contribution >= 4 is 5.96 Å². The standard InChI is InChI=1S/C25H37N5O/c1-26-25(27-18-24(29(2)3)21-10-12-23(31-4)13-11-21)28-22-14-16-30(17-15-22)19-20-8-6-5-7-9-20/h5-13,22,24H,14-19H2,1-4H3,(H2,26,27,28). The Hall–Kier alpha value is -2.57. The first-order chi connectivity index (χ1) is 15.1. The second kappa shape index (κ2) is 11.7. The van der Waals surface area contributed by atoms with Crippen LogP contribution in [0.1, 0.15) is 30.0 Å². The van der Waals surface area contributed by atoms with Crippen LogP contribution in [0.2, 0.25) is 0 Å². The summed E-state index contributed by atoms with van der Waals surface area (Å²) in [6.45, 7) is 4.03. The van der Waals surface area contributed by atoms with Gasteiger partial charge in [0.05, 0.1) is 13.2 Å². The number of likely N-dealkylation sites (tertiary alicyclic amines) is 1. The van der Waals surface area contributed by atoms with Gasteiger partial charge >= 0.3 is 0 Å². The summed E-state index contributed by atoms with van der Waals surface area (Å²) in [5.41, 5.74) is 2.64. The lowest BCUT2D eigenvalue weighted by Crippen LogP contribution is -2.49. The van der Waals surface area contributed by atoms with Crippen molar-refractivity contribution in [3.8, 4) is 5.75 Å². The van der Waals surface area contributed by atoms with E-state index in [1.807, 2.05) is 19.2 Å². The maximum absolute atomic E-state index is 5.29. The lowest BCUT2D eigenvalue weighted by molar-refractivity contribution is 0.198. The van der Waals surface area contributed by atoms with Crippen LogP contribution in [0, 0.1) is 0 Å². The molecule has 1 aliphatic rings. The minimum absolute atomic E-state index is 0.247. The lowest BCUT2D eigenvalue weighted by Gasteiger charge is -2.33. The summed E-state index contributed by atoms with van der Waals surface area (Å²) in [5, 5.41) is 7.16. The first-order valence-electron chi connectivity index (χ1n) is 11.1. The fraction of sp³-hybridized carbons (Fsp3) is 0.480. The van der Waals surface area contributed by atoms with E-state index in [-0.39, 0.29) is 6.04 Å². The summed E-state index contributed by atoms with van der Waals surface area (Å²) in [6, 6.07) is 19.7. The van der Waals surface area contributed by atoms with E-state index in [1.54, 1.807) is 7.11 Å². The summed E-state index contributed by atoms with van der Waals surface area (Å²) in [5.74, 6) is 1.76. The van der Waals surface area contributed by atoms with Crippen molar-refractivity contribution in [1.82, 2.24) is 20.4 Å². The Morgan fingerprint density at radius 2 is 1.77 bits per heavy atom. The number of nitrogens with one attached hydrogen (secondary N) is 2. The Kier molecular flexibility index (Phi) is 8.74. The molecular weight excluding hydrogens is 386 g/mol. The normalized spacial score (nSPS) is 16.9. The number of guanidine groups is 1. The molecule has 1 aliphatic heterocycles. The van der Waals surface area contributed by atoms with Crippen molar-refractivity contribution in [3.05, 3.63) is 65.7 Å².